The second kappa shape index (κ2) is 6.79. The van der Waals surface area contributed by atoms with E-state index in [1.807, 2.05) is 0 Å². The van der Waals surface area contributed by atoms with E-state index in [4.69, 9.17) is 10.2 Å². The molecule has 0 aromatic heterocycles. The molecule has 0 heterocycles. The monoisotopic (exact) mass is 273 g/mol. The van der Waals surface area contributed by atoms with E-state index < -0.39 is 36.2 Å². The van der Waals surface area contributed by atoms with Crippen LogP contribution < -0.4 is 5.32 Å². The molecule has 5 nitrogen and oxygen atoms in total. The number of hydrogen-bond donors (Lipinski definition) is 3. The largest absolute Gasteiger partial charge is 0.479 e. The summed E-state index contributed by atoms with van der Waals surface area (Å²) in [7, 11) is 0. The normalized spacial score (nSPS) is 11.9. The average Bonchev–Trinajstić information content (AvgIpc) is 2.37. The van der Waals surface area contributed by atoms with Crippen molar-refractivity contribution in [3.8, 4) is 0 Å². The second-order valence-corrected chi connectivity index (χ2v) is 3.91. The fourth-order valence-electron chi connectivity index (χ4n) is 1.34. The van der Waals surface area contributed by atoms with E-state index in [9.17, 15) is 18.4 Å². The van der Waals surface area contributed by atoms with Gasteiger partial charge in [0.15, 0.2) is 17.7 Å². The summed E-state index contributed by atoms with van der Waals surface area (Å²) in [4.78, 5) is 21.6. The Balaban J connectivity index is 2.37. The molecule has 0 aliphatic rings. The van der Waals surface area contributed by atoms with Crippen LogP contribution in [0.2, 0.25) is 0 Å². The molecule has 1 rings (SSSR count). The molecule has 1 amide bonds. The summed E-state index contributed by atoms with van der Waals surface area (Å²) < 4.78 is 25.5. The molecule has 0 bridgehead atoms. The smallest absolute Gasteiger partial charge is 0.334 e. The number of aliphatic carboxylic acids is 1. The first kappa shape index (κ1) is 15.0. The first-order valence-electron chi connectivity index (χ1n) is 5.51. The maximum absolute atomic E-state index is 12.9. The molecule has 19 heavy (non-hydrogen) atoms. The van der Waals surface area contributed by atoms with E-state index in [1.54, 1.807) is 0 Å². The van der Waals surface area contributed by atoms with Crippen molar-refractivity contribution >= 4 is 11.9 Å². The Morgan fingerprint density at radius 1 is 1.26 bits per heavy atom. The van der Waals surface area contributed by atoms with Gasteiger partial charge in [0.25, 0.3) is 0 Å². The van der Waals surface area contributed by atoms with Gasteiger partial charge in [0.2, 0.25) is 5.91 Å². The molecule has 0 spiro atoms. The van der Waals surface area contributed by atoms with Crippen molar-refractivity contribution in [2.75, 3.05) is 6.54 Å². The summed E-state index contributed by atoms with van der Waals surface area (Å²) in [5, 5.41) is 19.5. The summed E-state index contributed by atoms with van der Waals surface area (Å²) in [5.41, 5.74) is 0.452. The van der Waals surface area contributed by atoms with E-state index in [1.165, 1.54) is 6.07 Å². The third-order valence-electron chi connectivity index (χ3n) is 2.40. The van der Waals surface area contributed by atoms with Crippen molar-refractivity contribution in [3.63, 3.8) is 0 Å². The Morgan fingerprint density at radius 3 is 2.53 bits per heavy atom. The number of aliphatic hydroxyl groups excluding tert-OH is 1. The van der Waals surface area contributed by atoms with Crippen LogP contribution in [0.4, 0.5) is 8.78 Å². The van der Waals surface area contributed by atoms with Crippen LogP contribution in [-0.2, 0) is 16.0 Å². The molecule has 0 unspecified atom stereocenters. The van der Waals surface area contributed by atoms with Gasteiger partial charge in [0.1, 0.15) is 0 Å². The van der Waals surface area contributed by atoms with Crippen LogP contribution in [0.3, 0.4) is 0 Å². The zero-order valence-corrected chi connectivity index (χ0v) is 9.90. The number of carboxylic acids is 1. The molecule has 0 radical (unpaired) electrons. The van der Waals surface area contributed by atoms with Gasteiger partial charge in [0, 0.05) is 6.42 Å². The molecule has 0 saturated carbocycles. The van der Waals surface area contributed by atoms with Gasteiger partial charge in [-0.15, -0.1) is 0 Å². The molecule has 1 atom stereocenters. The Kier molecular flexibility index (Phi) is 5.37. The highest BCUT2D eigenvalue weighted by Gasteiger charge is 2.14. The first-order valence-corrected chi connectivity index (χ1v) is 5.51. The lowest BCUT2D eigenvalue weighted by Gasteiger charge is -2.07. The van der Waals surface area contributed by atoms with Gasteiger partial charge in [-0.3, -0.25) is 4.79 Å². The third kappa shape index (κ3) is 5.01. The molecular formula is C12H13F2NO4. The Morgan fingerprint density at radius 2 is 1.95 bits per heavy atom. The zero-order chi connectivity index (χ0) is 14.4. The fourth-order valence-corrected chi connectivity index (χ4v) is 1.34. The minimum atomic E-state index is -1.66. The second-order valence-electron chi connectivity index (χ2n) is 3.91. The van der Waals surface area contributed by atoms with E-state index in [0.29, 0.717) is 5.56 Å². The van der Waals surface area contributed by atoms with Gasteiger partial charge in [-0.1, -0.05) is 6.07 Å². The summed E-state index contributed by atoms with van der Waals surface area (Å²) >= 11 is 0. The van der Waals surface area contributed by atoms with Gasteiger partial charge in [-0.2, -0.15) is 0 Å². The number of benzene rings is 1. The fraction of sp³-hybridized carbons (Fsp3) is 0.333. The third-order valence-corrected chi connectivity index (χ3v) is 2.40. The van der Waals surface area contributed by atoms with Crippen LogP contribution in [0, 0.1) is 11.6 Å². The summed E-state index contributed by atoms with van der Waals surface area (Å²) in [5.74, 6) is -3.86. The molecule has 1 aromatic carbocycles. The van der Waals surface area contributed by atoms with E-state index in [2.05, 4.69) is 5.32 Å². The minimum Gasteiger partial charge on any atom is -0.479 e. The number of hydrogen-bond acceptors (Lipinski definition) is 3. The van der Waals surface area contributed by atoms with Gasteiger partial charge < -0.3 is 15.5 Å². The Labute approximate surface area is 107 Å². The van der Waals surface area contributed by atoms with Crippen LogP contribution in [0.1, 0.15) is 12.0 Å². The highest BCUT2D eigenvalue weighted by Crippen LogP contribution is 2.10. The molecule has 0 fully saturated rings. The number of aryl methyl sites for hydroxylation is 1. The highest BCUT2D eigenvalue weighted by molar-refractivity contribution is 5.78. The van der Waals surface area contributed by atoms with Crippen molar-refractivity contribution in [2.45, 2.75) is 18.9 Å². The topological polar surface area (TPSA) is 86.6 Å². The summed E-state index contributed by atoms with van der Waals surface area (Å²) in [6.45, 7) is -0.397. The number of amides is 1. The molecular weight excluding hydrogens is 260 g/mol. The maximum Gasteiger partial charge on any atom is 0.334 e. The number of carbonyl (C=O) groups is 2. The van der Waals surface area contributed by atoms with Gasteiger partial charge >= 0.3 is 5.97 Å². The van der Waals surface area contributed by atoms with Gasteiger partial charge in [-0.05, 0) is 24.1 Å². The standard InChI is InChI=1S/C12H13F2NO4/c13-8-3-1-7(5-9(8)14)2-4-11(17)15-6-10(16)12(18)19/h1,3,5,10,16H,2,4,6H2,(H,15,17)(H,18,19)/t10-/m0/s1. The lowest BCUT2D eigenvalue weighted by atomic mass is 10.1. The molecule has 1 aromatic rings. The number of carboxylic acid groups (broad SMARTS) is 1. The van der Waals surface area contributed by atoms with Crippen LogP contribution in [0.25, 0.3) is 0 Å². The number of aliphatic hydroxyl groups is 1. The van der Waals surface area contributed by atoms with Crippen molar-refractivity contribution in [1.29, 1.82) is 0 Å². The highest BCUT2D eigenvalue weighted by atomic mass is 19.2. The lowest BCUT2D eigenvalue weighted by Crippen LogP contribution is -2.36. The minimum absolute atomic E-state index is 0.0165. The summed E-state index contributed by atoms with van der Waals surface area (Å²) in [6, 6.07) is 3.32. The zero-order valence-electron chi connectivity index (χ0n) is 9.90. The van der Waals surface area contributed by atoms with Gasteiger partial charge in [-0.25, -0.2) is 13.6 Å². The van der Waals surface area contributed by atoms with Crippen LogP contribution in [-0.4, -0.2) is 34.7 Å². The molecule has 3 N–H and O–H groups in total. The average molecular weight is 273 g/mol. The van der Waals surface area contributed by atoms with Crippen molar-refractivity contribution < 1.29 is 28.6 Å². The van der Waals surface area contributed by atoms with Crippen molar-refractivity contribution in [1.82, 2.24) is 5.32 Å². The van der Waals surface area contributed by atoms with Crippen LogP contribution in [0.5, 0.6) is 0 Å². The van der Waals surface area contributed by atoms with E-state index >= 15 is 0 Å². The molecule has 0 saturated heterocycles. The predicted molar refractivity (Wildman–Crippen MR) is 61.3 cm³/mol. The predicted octanol–water partition coefficient (Wildman–Crippen LogP) is 0.459. The molecule has 7 heteroatoms. The van der Waals surface area contributed by atoms with Crippen LogP contribution in [0.15, 0.2) is 18.2 Å². The van der Waals surface area contributed by atoms with Crippen molar-refractivity contribution in [2.24, 2.45) is 0 Å². The molecule has 0 aliphatic carbocycles. The number of carbonyl (C=O) groups excluding carboxylic acids is 1. The SMILES string of the molecule is O=C(CCc1ccc(F)c(F)c1)NC[C@H](O)C(=O)O. The van der Waals surface area contributed by atoms with E-state index in [0.717, 1.165) is 12.1 Å². The Bertz CT molecular complexity index is 479. The number of nitrogens with one attached hydrogen (secondary N) is 1. The Hall–Kier alpha value is -2.02. The summed E-state index contributed by atoms with van der Waals surface area (Å²) in [6.07, 6.45) is -1.49. The van der Waals surface area contributed by atoms with Crippen molar-refractivity contribution in [3.05, 3.63) is 35.4 Å². The first-order chi connectivity index (χ1) is 8.90. The van der Waals surface area contributed by atoms with Crippen LogP contribution >= 0.6 is 0 Å². The lowest BCUT2D eigenvalue weighted by molar-refractivity contribution is -0.146. The number of rotatable bonds is 6. The quantitative estimate of drug-likeness (QED) is 0.702. The maximum atomic E-state index is 12.9. The van der Waals surface area contributed by atoms with Gasteiger partial charge in [0.05, 0.1) is 6.54 Å². The van der Waals surface area contributed by atoms with E-state index in [-0.39, 0.29) is 12.8 Å². The molecule has 0 aliphatic heterocycles. The molecule has 104 valence electrons. The number of halogens is 2.